The molecule has 6 heteroatoms. The number of morpholine rings is 1. The Morgan fingerprint density at radius 2 is 1.95 bits per heavy atom. The first kappa shape index (κ1) is 13.6. The monoisotopic (exact) mass is 286 g/mol. The van der Waals surface area contributed by atoms with E-state index in [1.165, 1.54) is 0 Å². The number of hydrogen-bond donors (Lipinski definition) is 1. The van der Waals surface area contributed by atoms with Gasteiger partial charge in [-0.25, -0.2) is 4.68 Å². The number of ether oxygens (including phenoxy) is 1. The summed E-state index contributed by atoms with van der Waals surface area (Å²) in [4.78, 5) is 14.2. The van der Waals surface area contributed by atoms with Crippen LogP contribution < -0.4 is 5.73 Å². The lowest BCUT2D eigenvalue weighted by Crippen LogP contribution is -2.40. The summed E-state index contributed by atoms with van der Waals surface area (Å²) < 4.78 is 6.91. The number of aromatic nitrogens is 2. The first-order valence-electron chi connectivity index (χ1n) is 6.98. The van der Waals surface area contributed by atoms with Crippen molar-refractivity contribution < 1.29 is 9.53 Å². The van der Waals surface area contributed by atoms with Crippen LogP contribution in [-0.2, 0) is 11.3 Å². The number of carbonyl (C=O) groups is 1. The molecule has 1 fully saturated rings. The molecule has 0 bridgehead atoms. The van der Waals surface area contributed by atoms with Gasteiger partial charge in [0.25, 0.3) is 5.91 Å². The summed E-state index contributed by atoms with van der Waals surface area (Å²) in [6.45, 7) is 2.90. The summed E-state index contributed by atoms with van der Waals surface area (Å²) in [5.74, 6) is 0.338. The molecule has 1 amide bonds. The molecular formula is C15H18N4O2. The molecule has 1 aliphatic heterocycles. The third kappa shape index (κ3) is 2.90. The second-order valence-corrected chi connectivity index (χ2v) is 4.99. The van der Waals surface area contributed by atoms with Crippen LogP contribution in [0.4, 0.5) is 5.82 Å². The molecule has 0 aliphatic carbocycles. The zero-order chi connectivity index (χ0) is 14.7. The fraction of sp³-hybridized carbons (Fsp3) is 0.333. The van der Waals surface area contributed by atoms with E-state index in [1.54, 1.807) is 15.8 Å². The first-order valence-corrected chi connectivity index (χ1v) is 6.98. The van der Waals surface area contributed by atoms with Gasteiger partial charge in [0.15, 0.2) is 0 Å². The van der Waals surface area contributed by atoms with Crippen molar-refractivity contribution in [2.75, 3.05) is 32.0 Å². The molecule has 0 saturated carbocycles. The number of nitrogens with zero attached hydrogens (tertiary/aromatic N) is 3. The van der Waals surface area contributed by atoms with Crippen molar-refractivity contribution in [2.45, 2.75) is 6.54 Å². The van der Waals surface area contributed by atoms with E-state index < -0.39 is 0 Å². The van der Waals surface area contributed by atoms with Gasteiger partial charge in [-0.1, -0.05) is 30.3 Å². The summed E-state index contributed by atoms with van der Waals surface area (Å²) >= 11 is 0. The zero-order valence-electron chi connectivity index (χ0n) is 11.7. The van der Waals surface area contributed by atoms with Crippen molar-refractivity contribution in [3.63, 3.8) is 0 Å². The fourth-order valence-electron chi connectivity index (χ4n) is 2.38. The molecular weight excluding hydrogens is 268 g/mol. The van der Waals surface area contributed by atoms with Gasteiger partial charge in [-0.15, -0.1) is 0 Å². The molecule has 1 aromatic carbocycles. The molecule has 0 spiro atoms. The molecule has 6 nitrogen and oxygen atoms in total. The van der Waals surface area contributed by atoms with Gasteiger partial charge in [0.2, 0.25) is 0 Å². The maximum atomic E-state index is 12.4. The Morgan fingerprint density at radius 3 is 2.67 bits per heavy atom. The van der Waals surface area contributed by atoms with Crippen LogP contribution in [0.2, 0.25) is 0 Å². The predicted octanol–water partition coefficient (Wildman–Crippen LogP) is 0.986. The first-order chi connectivity index (χ1) is 10.3. The summed E-state index contributed by atoms with van der Waals surface area (Å²) in [5, 5.41) is 4.24. The number of amides is 1. The fourth-order valence-corrected chi connectivity index (χ4v) is 2.38. The minimum atomic E-state index is -0.0740. The average molecular weight is 286 g/mol. The predicted molar refractivity (Wildman–Crippen MR) is 78.9 cm³/mol. The zero-order valence-corrected chi connectivity index (χ0v) is 11.7. The van der Waals surface area contributed by atoms with E-state index in [2.05, 4.69) is 5.10 Å². The number of rotatable bonds is 3. The van der Waals surface area contributed by atoms with Gasteiger partial charge >= 0.3 is 0 Å². The summed E-state index contributed by atoms with van der Waals surface area (Å²) in [6.07, 6.45) is 1.55. The third-order valence-electron chi connectivity index (χ3n) is 3.58. The number of anilines is 1. The quantitative estimate of drug-likeness (QED) is 0.913. The van der Waals surface area contributed by atoms with Crippen molar-refractivity contribution >= 4 is 11.7 Å². The van der Waals surface area contributed by atoms with Crippen LogP contribution in [-0.4, -0.2) is 46.9 Å². The molecule has 1 saturated heterocycles. The molecule has 1 aliphatic rings. The van der Waals surface area contributed by atoms with Gasteiger partial charge < -0.3 is 15.4 Å². The lowest BCUT2D eigenvalue weighted by atomic mass is 10.2. The highest BCUT2D eigenvalue weighted by Crippen LogP contribution is 2.16. The van der Waals surface area contributed by atoms with Crippen LogP contribution in [0.5, 0.6) is 0 Å². The van der Waals surface area contributed by atoms with Crippen LogP contribution in [0.25, 0.3) is 0 Å². The topological polar surface area (TPSA) is 73.4 Å². The van der Waals surface area contributed by atoms with Crippen molar-refractivity contribution in [1.29, 1.82) is 0 Å². The lowest BCUT2D eigenvalue weighted by molar-refractivity contribution is 0.0303. The van der Waals surface area contributed by atoms with Gasteiger partial charge in [-0.05, 0) is 5.56 Å². The Morgan fingerprint density at radius 1 is 1.24 bits per heavy atom. The Bertz CT molecular complexity index is 618. The van der Waals surface area contributed by atoms with E-state index in [4.69, 9.17) is 10.5 Å². The van der Waals surface area contributed by atoms with Crippen molar-refractivity contribution in [2.24, 2.45) is 0 Å². The van der Waals surface area contributed by atoms with Crippen LogP contribution >= 0.6 is 0 Å². The van der Waals surface area contributed by atoms with Crippen molar-refractivity contribution in [1.82, 2.24) is 14.7 Å². The highest BCUT2D eigenvalue weighted by molar-refractivity contribution is 5.98. The summed E-state index contributed by atoms with van der Waals surface area (Å²) in [5.41, 5.74) is 7.64. The van der Waals surface area contributed by atoms with Gasteiger partial charge in [0, 0.05) is 13.1 Å². The minimum Gasteiger partial charge on any atom is -0.383 e. The number of hydrogen-bond acceptors (Lipinski definition) is 4. The number of benzene rings is 1. The van der Waals surface area contributed by atoms with E-state index in [1.807, 2.05) is 30.3 Å². The second kappa shape index (κ2) is 5.97. The normalized spacial score (nSPS) is 15.1. The third-order valence-corrected chi connectivity index (χ3v) is 3.58. The average Bonchev–Trinajstić information content (AvgIpc) is 2.89. The Kier molecular flexibility index (Phi) is 3.87. The molecule has 3 rings (SSSR count). The number of nitrogens with two attached hydrogens (primary N) is 1. The van der Waals surface area contributed by atoms with E-state index in [0.717, 1.165) is 5.56 Å². The summed E-state index contributed by atoms with van der Waals surface area (Å²) in [7, 11) is 0. The van der Waals surface area contributed by atoms with Crippen LogP contribution in [0.15, 0.2) is 36.5 Å². The van der Waals surface area contributed by atoms with E-state index >= 15 is 0 Å². The maximum Gasteiger partial charge on any atom is 0.259 e. The SMILES string of the molecule is Nc1c(C(=O)N2CCOCC2)cnn1Cc1ccccc1. The number of carbonyl (C=O) groups excluding carboxylic acids is 1. The van der Waals surface area contributed by atoms with Crippen LogP contribution in [0.3, 0.4) is 0 Å². The van der Waals surface area contributed by atoms with Gasteiger partial charge in [-0.2, -0.15) is 5.10 Å². The molecule has 1 aromatic heterocycles. The van der Waals surface area contributed by atoms with E-state index in [0.29, 0.717) is 44.2 Å². The minimum absolute atomic E-state index is 0.0740. The molecule has 2 aromatic rings. The lowest BCUT2D eigenvalue weighted by Gasteiger charge is -2.26. The van der Waals surface area contributed by atoms with E-state index in [-0.39, 0.29) is 5.91 Å². The highest BCUT2D eigenvalue weighted by atomic mass is 16.5. The molecule has 110 valence electrons. The molecule has 21 heavy (non-hydrogen) atoms. The van der Waals surface area contributed by atoms with E-state index in [9.17, 15) is 4.79 Å². The Hall–Kier alpha value is -2.34. The second-order valence-electron chi connectivity index (χ2n) is 4.99. The number of nitrogen functional groups attached to an aromatic ring is 1. The largest absolute Gasteiger partial charge is 0.383 e. The van der Waals surface area contributed by atoms with Crippen LogP contribution in [0, 0.1) is 0 Å². The van der Waals surface area contributed by atoms with Crippen LogP contribution in [0.1, 0.15) is 15.9 Å². The molecule has 0 radical (unpaired) electrons. The van der Waals surface area contributed by atoms with Gasteiger partial charge in [0.1, 0.15) is 11.4 Å². The molecule has 2 heterocycles. The Labute approximate surface area is 123 Å². The van der Waals surface area contributed by atoms with Crippen molar-refractivity contribution in [3.8, 4) is 0 Å². The molecule has 0 unspecified atom stereocenters. The standard InChI is InChI=1S/C15H18N4O2/c16-14-13(15(20)18-6-8-21-9-7-18)10-17-19(14)11-12-4-2-1-3-5-12/h1-5,10H,6-9,11,16H2. The highest BCUT2D eigenvalue weighted by Gasteiger charge is 2.23. The Balaban J connectivity index is 1.77. The summed E-state index contributed by atoms with van der Waals surface area (Å²) in [6, 6.07) is 9.90. The van der Waals surface area contributed by atoms with Crippen molar-refractivity contribution in [3.05, 3.63) is 47.7 Å². The van der Waals surface area contributed by atoms with Gasteiger partial charge in [0.05, 0.1) is 26.0 Å². The maximum absolute atomic E-state index is 12.4. The smallest absolute Gasteiger partial charge is 0.259 e. The molecule has 0 atom stereocenters. The molecule has 2 N–H and O–H groups in total. The van der Waals surface area contributed by atoms with Gasteiger partial charge in [-0.3, -0.25) is 4.79 Å².